The largest absolute Gasteiger partial charge is 0.394 e. The Morgan fingerprint density at radius 1 is 0.416 bits per heavy atom. The van der Waals surface area contributed by atoms with Crippen molar-refractivity contribution in [2.45, 2.75) is 336 Å². The molecule has 3 rings (SSSR count). The van der Waals surface area contributed by atoms with Gasteiger partial charge in [-0.3, -0.25) is 4.79 Å². The fourth-order valence-corrected chi connectivity index (χ4v) is 11.4. The molecule has 89 heavy (non-hydrogen) atoms. The van der Waals surface area contributed by atoms with Crippen LogP contribution in [0.3, 0.4) is 0 Å². The summed E-state index contributed by atoms with van der Waals surface area (Å²) in [5.41, 5.74) is 0. The van der Waals surface area contributed by atoms with Crippen molar-refractivity contribution in [1.29, 1.82) is 0 Å². The van der Waals surface area contributed by atoms with Crippen LogP contribution in [0, 0.1) is 0 Å². The minimum atomic E-state index is -1.98. The van der Waals surface area contributed by atoms with E-state index < -0.39 is 124 Å². The normalized spacial score (nSPS) is 28.7. The molecule has 12 N–H and O–H groups in total. The van der Waals surface area contributed by atoms with E-state index >= 15 is 0 Å². The summed E-state index contributed by atoms with van der Waals surface area (Å²) in [6.07, 6.45) is 37.3. The molecule has 0 aromatic heterocycles. The van der Waals surface area contributed by atoms with E-state index in [0.29, 0.717) is 12.8 Å². The van der Waals surface area contributed by atoms with Crippen LogP contribution >= 0.6 is 0 Å². The van der Waals surface area contributed by atoms with Crippen molar-refractivity contribution >= 4 is 5.91 Å². The number of aliphatic hydroxyl groups is 11. The fraction of sp³-hybridized carbons (Fsp3) is 0.814. The van der Waals surface area contributed by atoms with Crippen molar-refractivity contribution in [2.24, 2.45) is 0 Å². The third-order valence-corrected chi connectivity index (χ3v) is 17.0. The molecular weight excluding hydrogens is 1140 g/mol. The molecule has 0 radical (unpaired) electrons. The molecular formula is C70H123NO18. The standard InChI is InChI=1S/C70H123NO18/c1-3-5-7-9-11-13-15-17-19-21-23-25-26-28-29-31-33-35-37-39-41-43-45-47-54(75)53(71-58(76)48-46-44-42-40-38-36-34-32-30-27-24-22-20-18-16-14-12-10-8-6-4-2)52-84-68-64(82)61(79)66(56(50-73)86-68)89-70-65(83)62(80)67(57(51-74)87-70)88-69-63(81)60(78)59(77)55(49-72)85-69/h6,8,12,14,18,20,24,27,37,39,45,47,53-57,59-70,72-75,77-83H,3-5,7,9-11,13,15-17,19,21-23,25-26,28-36,38,40-44,46,48-52H2,1-2H3,(H,71,76)/b8-6-,14-12-,20-18-,27-24-,39-37+,47-45+. The first-order valence-corrected chi connectivity index (χ1v) is 34.7. The van der Waals surface area contributed by atoms with Crippen molar-refractivity contribution in [3.8, 4) is 0 Å². The van der Waals surface area contributed by atoms with Crippen LogP contribution < -0.4 is 5.32 Å². The Hall–Kier alpha value is -2.77. The van der Waals surface area contributed by atoms with Gasteiger partial charge in [0, 0.05) is 6.42 Å². The van der Waals surface area contributed by atoms with E-state index in [-0.39, 0.29) is 18.9 Å². The lowest BCUT2D eigenvalue weighted by Gasteiger charge is -2.48. The third kappa shape index (κ3) is 33.8. The van der Waals surface area contributed by atoms with Gasteiger partial charge in [-0.1, -0.05) is 228 Å². The van der Waals surface area contributed by atoms with Gasteiger partial charge >= 0.3 is 0 Å². The molecule has 0 aromatic carbocycles. The Morgan fingerprint density at radius 2 is 0.787 bits per heavy atom. The van der Waals surface area contributed by atoms with Gasteiger partial charge in [0.15, 0.2) is 18.9 Å². The Balaban J connectivity index is 1.46. The van der Waals surface area contributed by atoms with Gasteiger partial charge in [-0.15, -0.1) is 0 Å². The van der Waals surface area contributed by atoms with Crippen LogP contribution in [0.15, 0.2) is 72.9 Å². The summed E-state index contributed by atoms with van der Waals surface area (Å²) in [5.74, 6) is -0.295. The van der Waals surface area contributed by atoms with E-state index in [2.05, 4.69) is 79.9 Å². The zero-order valence-electron chi connectivity index (χ0n) is 54.4. The van der Waals surface area contributed by atoms with Crippen LogP contribution in [0.4, 0.5) is 0 Å². The maximum Gasteiger partial charge on any atom is 0.220 e. The Kier molecular flexibility index (Phi) is 46.7. The van der Waals surface area contributed by atoms with Gasteiger partial charge in [-0.25, -0.2) is 0 Å². The summed E-state index contributed by atoms with van der Waals surface area (Å²) < 4.78 is 34.3. The SMILES string of the molecule is CC/C=C\C/C=C\C/C=C\C/C=C\CCCCCCCCCCC(=O)NC(COC1OC(CO)C(OC2OC(CO)C(OC3OC(CO)C(O)C(O)C3O)C(O)C2O)C(O)C1O)C(O)/C=C/CC/C=C/CCCCCCCCCCCCCCCCCCC. The van der Waals surface area contributed by atoms with Gasteiger partial charge in [0.2, 0.25) is 5.91 Å². The highest BCUT2D eigenvalue weighted by Gasteiger charge is 2.53. The molecule has 1 amide bonds. The average molecular weight is 1270 g/mol. The van der Waals surface area contributed by atoms with Gasteiger partial charge < -0.3 is 89.9 Å². The number of aliphatic hydroxyl groups excluding tert-OH is 11. The molecule has 3 heterocycles. The smallest absolute Gasteiger partial charge is 0.220 e. The molecule has 0 spiro atoms. The van der Waals surface area contributed by atoms with E-state index in [1.807, 2.05) is 6.08 Å². The van der Waals surface area contributed by atoms with Crippen molar-refractivity contribution < 1.29 is 89.4 Å². The van der Waals surface area contributed by atoms with Gasteiger partial charge in [0.05, 0.1) is 38.6 Å². The molecule has 17 atom stereocenters. The first kappa shape index (κ1) is 80.5. The molecule has 0 aromatic rings. The second-order valence-corrected chi connectivity index (χ2v) is 24.6. The number of carbonyl (C=O) groups excluding carboxylic acids is 1. The van der Waals surface area contributed by atoms with E-state index in [0.717, 1.165) is 77.0 Å². The molecule has 3 saturated heterocycles. The molecule has 0 aliphatic carbocycles. The minimum absolute atomic E-state index is 0.223. The van der Waals surface area contributed by atoms with E-state index in [1.54, 1.807) is 6.08 Å². The van der Waals surface area contributed by atoms with Gasteiger partial charge in [0.1, 0.15) is 73.2 Å². The van der Waals surface area contributed by atoms with Crippen LogP contribution in [0.1, 0.15) is 232 Å². The third-order valence-electron chi connectivity index (χ3n) is 17.0. The van der Waals surface area contributed by atoms with Gasteiger partial charge in [-0.05, 0) is 70.6 Å². The monoisotopic (exact) mass is 1270 g/mol. The lowest BCUT2D eigenvalue weighted by atomic mass is 9.96. The second kappa shape index (κ2) is 51.6. The van der Waals surface area contributed by atoms with Crippen LogP contribution in [-0.2, 0) is 33.2 Å². The molecule has 516 valence electrons. The molecule has 17 unspecified atom stereocenters. The highest BCUT2D eigenvalue weighted by atomic mass is 16.8. The zero-order valence-corrected chi connectivity index (χ0v) is 54.4. The lowest BCUT2D eigenvalue weighted by molar-refractivity contribution is -0.379. The lowest BCUT2D eigenvalue weighted by Crippen LogP contribution is -2.66. The van der Waals surface area contributed by atoms with Crippen LogP contribution in [0.2, 0.25) is 0 Å². The van der Waals surface area contributed by atoms with Crippen LogP contribution in [-0.4, -0.2) is 193 Å². The Bertz CT molecular complexity index is 1900. The maximum atomic E-state index is 13.4. The second-order valence-electron chi connectivity index (χ2n) is 24.6. The van der Waals surface area contributed by atoms with Gasteiger partial charge in [0.25, 0.3) is 0 Å². The molecule has 0 bridgehead atoms. The summed E-state index contributed by atoms with van der Waals surface area (Å²) in [4.78, 5) is 13.4. The summed E-state index contributed by atoms with van der Waals surface area (Å²) in [7, 11) is 0. The molecule has 0 saturated carbocycles. The number of rotatable bonds is 52. The molecule has 3 fully saturated rings. The first-order chi connectivity index (χ1) is 43.3. The summed E-state index contributed by atoms with van der Waals surface area (Å²) in [5, 5.41) is 120. The molecule has 3 aliphatic heterocycles. The van der Waals surface area contributed by atoms with E-state index in [1.165, 1.54) is 122 Å². The number of carbonyl (C=O) groups is 1. The van der Waals surface area contributed by atoms with Crippen LogP contribution in [0.25, 0.3) is 0 Å². The van der Waals surface area contributed by atoms with Crippen molar-refractivity contribution in [2.75, 3.05) is 26.4 Å². The fourth-order valence-electron chi connectivity index (χ4n) is 11.4. The van der Waals surface area contributed by atoms with Crippen LogP contribution in [0.5, 0.6) is 0 Å². The predicted molar refractivity (Wildman–Crippen MR) is 346 cm³/mol. The Labute approximate surface area is 534 Å². The number of hydrogen-bond acceptors (Lipinski definition) is 18. The predicted octanol–water partition coefficient (Wildman–Crippen LogP) is 8.94. The average Bonchev–Trinajstić information content (AvgIpc) is 1.93. The molecule has 3 aliphatic rings. The topological polar surface area (TPSA) is 307 Å². The number of amides is 1. The summed E-state index contributed by atoms with van der Waals surface area (Å²) in [6.45, 7) is 1.60. The zero-order chi connectivity index (χ0) is 64.7. The molecule has 19 heteroatoms. The van der Waals surface area contributed by atoms with Crippen molar-refractivity contribution in [3.05, 3.63) is 72.9 Å². The van der Waals surface area contributed by atoms with E-state index in [9.17, 15) is 61.0 Å². The maximum absolute atomic E-state index is 13.4. The van der Waals surface area contributed by atoms with Crippen molar-refractivity contribution in [3.63, 3.8) is 0 Å². The highest BCUT2D eigenvalue weighted by Crippen LogP contribution is 2.33. The van der Waals surface area contributed by atoms with Gasteiger partial charge in [-0.2, -0.15) is 0 Å². The Morgan fingerprint density at radius 3 is 1.26 bits per heavy atom. The molecule has 19 nitrogen and oxygen atoms in total. The summed E-state index contributed by atoms with van der Waals surface area (Å²) >= 11 is 0. The quantitative estimate of drug-likeness (QED) is 0.0200. The minimum Gasteiger partial charge on any atom is -0.394 e. The number of ether oxygens (including phenoxy) is 6. The number of nitrogens with one attached hydrogen (secondary N) is 1. The highest BCUT2D eigenvalue weighted by molar-refractivity contribution is 5.76. The number of hydrogen-bond donors (Lipinski definition) is 12. The van der Waals surface area contributed by atoms with Crippen molar-refractivity contribution in [1.82, 2.24) is 5.32 Å². The first-order valence-electron chi connectivity index (χ1n) is 34.7. The number of allylic oxidation sites excluding steroid dienone is 11. The number of unbranched alkanes of at least 4 members (excludes halogenated alkanes) is 26. The van der Waals surface area contributed by atoms with E-state index in [4.69, 9.17) is 28.4 Å². The summed E-state index contributed by atoms with van der Waals surface area (Å²) in [6, 6.07) is -0.999.